The summed E-state index contributed by atoms with van der Waals surface area (Å²) in [5.74, 6) is 0.977. The maximum Gasteiger partial charge on any atom is 0.326 e. The summed E-state index contributed by atoms with van der Waals surface area (Å²) in [7, 11) is 3.96. The molecule has 178 valence electrons. The van der Waals surface area contributed by atoms with Crippen LogP contribution in [0.3, 0.4) is 0 Å². The zero-order chi connectivity index (χ0) is 23.8. The molecule has 0 spiro atoms. The van der Waals surface area contributed by atoms with Crippen molar-refractivity contribution in [3.63, 3.8) is 0 Å². The lowest BCUT2D eigenvalue weighted by Gasteiger charge is -2.14. The van der Waals surface area contributed by atoms with Crippen LogP contribution in [0.1, 0.15) is 30.9 Å². The topological polar surface area (TPSA) is 74.7 Å². The Morgan fingerprint density at radius 3 is 2.68 bits per heavy atom. The van der Waals surface area contributed by atoms with E-state index in [1.165, 1.54) is 18.4 Å². The van der Waals surface area contributed by atoms with E-state index in [0.29, 0.717) is 42.6 Å². The van der Waals surface area contributed by atoms with Gasteiger partial charge >= 0.3 is 6.01 Å². The number of hydrogen-bond donors (Lipinski definition) is 2. The summed E-state index contributed by atoms with van der Waals surface area (Å²) in [6.45, 7) is 3.97. The molecule has 3 aliphatic rings. The van der Waals surface area contributed by atoms with E-state index < -0.39 is 11.6 Å². The predicted octanol–water partition coefficient (Wildman–Crippen LogP) is 4.64. The van der Waals surface area contributed by atoms with Gasteiger partial charge in [0.1, 0.15) is 23.3 Å². The Bertz CT molecular complexity index is 1220. The van der Waals surface area contributed by atoms with Gasteiger partial charge in [-0.05, 0) is 57.8 Å². The number of amidine groups is 1. The lowest BCUT2D eigenvalue weighted by atomic mass is 10.1. The SMILES string of the molecule is CC1=Cc2c(F)c(Oc3nc(NCCN(C)C)cc(NC4=NCC(C5CC5)=C4)n3)cc(F)c2C1. The third-order valence-electron chi connectivity index (χ3n) is 6.05. The van der Waals surface area contributed by atoms with Gasteiger partial charge in [-0.1, -0.05) is 11.6 Å². The van der Waals surface area contributed by atoms with E-state index in [1.54, 1.807) is 12.1 Å². The van der Waals surface area contributed by atoms with E-state index in [1.807, 2.05) is 25.9 Å². The zero-order valence-corrected chi connectivity index (χ0v) is 19.6. The number of anilines is 2. The van der Waals surface area contributed by atoms with Crippen LogP contribution in [0.5, 0.6) is 11.8 Å². The average Bonchev–Trinajstić information content (AvgIpc) is 3.39. The zero-order valence-electron chi connectivity index (χ0n) is 19.6. The van der Waals surface area contributed by atoms with Gasteiger partial charge in [-0.3, -0.25) is 4.99 Å². The normalized spacial score (nSPS) is 16.8. The molecule has 0 amide bonds. The molecule has 0 unspecified atom stereocenters. The number of halogens is 2. The highest BCUT2D eigenvalue weighted by Gasteiger charge is 2.28. The van der Waals surface area contributed by atoms with Gasteiger partial charge in [0.15, 0.2) is 11.6 Å². The Balaban J connectivity index is 1.41. The van der Waals surface area contributed by atoms with Crippen LogP contribution in [0.2, 0.25) is 0 Å². The molecule has 1 fully saturated rings. The number of rotatable bonds is 8. The van der Waals surface area contributed by atoms with E-state index >= 15 is 4.39 Å². The minimum atomic E-state index is -0.616. The predicted molar refractivity (Wildman–Crippen MR) is 130 cm³/mol. The first-order valence-corrected chi connectivity index (χ1v) is 11.5. The Kier molecular flexibility index (Phi) is 6.03. The second kappa shape index (κ2) is 9.13. The van der Waals surface area contributed by atoms with Gasteiger partial charge in [-0.2, -0.15) is 9.97 Å². The summed E-state index contributed by atoms with van der Waals surface area (Å²) in [6.07, 6.45) is 6.54. The molecule has 34 heavy (non-hydrogen) atoms. The van der Waals surface area contributed by atoms with Crippen molar-refractivity contribution in [3.05, 3.63) is 52.1 Å². The van der Waals surface area contributed by atoms with E-state index in [9.17, 15) is 4.39 Å². The molecular weight excluding hydrogens is 438 g/mol. The average molecular weight is 467 g/mol. The fourth-order valence-corrected chi connectivity index (χ4v) is 4.12. The minimum absolute atomic E-state index is 0.0840. The highest BCUT2D eigenvalue weighted by atomic mass is 19.1. The van der Waals surface area contributed by atoms with Crippen LogP contribution in [0.25, 0.3) is 6.08 Å². The number of fused-ring (bicyclic) bond motifs is 1. The van der Waals surface area contributed by atoms with Crippen LogP contribution in [0.4, 0.5) is 20.4 Å². The van der Waals surface area contributed by atoms with Crippen molar-refractivity contribution in [1.82, 2.24) is 14.9 Å². The molecular formula is C25H28F2N6O. The van der Waals surface area contributed by atoms with Crippen LogP contribution < -0.4 is 15.4 Å². The van der Waals surface area contributed by atoms with Crippen molar-refractivity contribution in [2.24, 2.45) is 10.9 Å². The highest BCUT2D eigenvalue weighted by molar-refractivity contribution is 6.05. The fraction of sp³-hybridized carbons (Fsp3) is 0.400. The molecule has 1 aromatic carbocycles. The van der Waals surface area contributed by atoms with Crippen molar-refractivity contribution in [2.75, 3.05) is 44.4 Å². The van der Waals surface area contributed by atoms with Crippen LogP contribution in [-0.4, -0.2) is 54.4 Å². The Morgan fingerprint density at radius 1 is 1.12 bits per heavy atom. The number of ether oxygens (including phenoxy) is 1. The molecule has 2 N–H and O–H groups in total. The number of benzene rings is 1. The number of nitrogens with zero attached hydrogens (tertiary/aromatic N) is 4. The Labute approximate surface area is 197 Å². The van der Waals surface area contributed by atoms with E-state index in [0.717, 1.165) is 24.0 Å². The number of nitrogens with one attached hydrogen (secondary N) is 2. The lowest BCUT2D eigenvalue weighted by molar-refractivity contribution is 0.406. The summed E-state index contributed by atoms with van der Waals surface area (Å²) >= 11 is 0. The van der Waals surface area contributed by atoms with Crippen molar-refractivity contribution in [1.29, 1.82) is 0 Å². The van der Waals surface area contributed by atoms with Crippen molar-refractivity contribution >= 4 is 23.5 Å². The number of hydrogen-bond acceptors (Lipinski definition) is 7. The van der Waals surface area contributed by atoms with Gasteiger partial charge in [0.05, 0.1) is 6.54 Å². The first-order chi connectivity index (χ1) is 16.4. The van der Waals surface area contributed by atoms with Crippen LogP contribution in [0.15, 0.2) is 34.3 Å². The molecule has 0 saturated heterocycles. The van der Waals surface area contributed by atoms with E-state index in [-0.39, 0.29) is 17.3 Å². The summed E-state index contributed by atoms with van der Waals surface area (Å²) in [4.78, 5) is 15.3. The van der Waals surface area contributed by atoms with Crippen molar-refractivity contribution in [3.8, 4) is 11.8 Å². The summed E-state index contributed by atoms with van der Waals surface area (Å²) in [5, 5.41) is 6.44. The van der Waals surface area contributed by atoms with Gasteiger partial charge in [-0.25, -0.2) is 8.78 Å². The third-order valence-corrected chi connectivity index (χ3v) is 6.05. The number of likely N-dealkylation sites (N-methyl/N-ethyl adjacent to an activating group) is 1. The van der Waals surface area contributed by atoms with Crippen LogP contribution in [0, 0.1) is 17.6 Å². The second-order valence-corrected chi connectivity index (χ2v) is 9.30. The lowest BCUT2D eigenvalue weighted by Crippen LogP contribution is -2.21. The molecule has 9 heteroatoms. The number of aliphatic imine (C=N–C) groups is 1. The summed E-state index contributed by atoms with van der Waals surface area (Å²) in [5.41, 5.74) is 2.80. The fourth-order valence-electron chi connectivity index (χ4n) is 4.12. The smallest absolute Gasteiger partial charge is 0.326 e. The monoisotopic (exact) mass is 466 g/mol. The first-order valence-electron chi connectivity index (χ1n) is 11.5. The highest BCUT2D eigenvalue weighted by Crippen LogP contribution is 2.38. The third kappa shape index (κ3) is 4.94. The molecule has 7 nitrogen and oxygen atoms in total. The van der Waals surface area contributed by atoms with Crippen LogP contribution >= 0.6 is 0 Å². The molecule has 2 heterocycles. The standard InChI is InChI=1S/C25H28F2N6O/c1-14-8-17-18(9-14)24(27)20(11-19(17)26)34-25-31-22(28-6-7-33(2)3)12-23(32-25)30-21-10-16(13-29-21)15-4-5-15/h9-12,15H,4-8,13H2,1-3H3,(H2,28,29,30,31,32). The Morgan fingerprint density at radius 2 is 1.91 bits per heavy atom. The Hall–Kier alpha value is -3.33. The van der Waals surface area contributed by atoms with Gasteiger partial charge in [0.2, 0.25) is 0 Å². The van der Waals surface area contributed by atoms with E-state index in [2.05, 4.69) is 31.7 Å². The van der Waals surface area contributed by atoms with Crippen LogP contribution in [-0.2, 0) is 6.42 Å². The maximum absolute atomic E-state index is 15.1. The van der Waals surface area contributed by atoms with E-state index in [4.69, 9.17) is 4.74 Å². The van der Waals surface area contributed by atoms with Gasteiger partial charge in [0, 0.05) is 36.3 Å². The number of aromatic nitrogens is 2. The number of allylic oxidation sites excluding steroid dienone is 1. The van der Waals surface area contributed by atoms with Crippen molar-refractivity contribution in [2.45, 2.75) is 26.2 Å². The first kappa shape index (κ1) is 22.5. The largest absolute Gasteiger partial charge is 0.421 e. The molecule has 1 saturated carbocycles. The molecule has 2 aliphatic carbocycles. The minimum Gasteiger partial charge on any atom is -0.421 e. The summed E-state index contributed by atoms with van der Waals surface area (Å²) < 4.78 is 35.4. The van der Waals surface area contributed by atoms with Gasteiger partial charge in [-0.15, -0.1) is 0 Å². The second-order valence-electron chi connectivity index (χ2n) is 9.30. The van der Waals surface area contributed by atoms with Crippen molar-refractivity contribution < 1.29 is 13.5 Å². The maximum atomic E-state index is 15.1. The molecule has 2 aromatic rings. The quantitative estimate of drug-likeness (QED) is 0.591. The molecule has 0 bridgehead atoms. The summed E-state index contributed by atoms with van der Waals surface area (Å²) in [6, 6.07) is 2.73. The van der Waals surface area contributed by atoms with Gasteiger partial charge in [0.25, 0.3) is 0 Å². The molecule has 5 rings (SSSR count). The van der Waals surface area contributed by atoms with Gasteiger partial charge < -0.3 is 20.3 Å². The molecule has 1 aromatic heterocycles. The molecule has 1 aliphatic heterocycles. The molecule has 0 radical (unpaired) electrons. The molecule has 0 atom stereocenters.